The average Bonchev–Trinajstić information content (AvgIpc) is 2.73. The Kier molecular flexibility index (Phi) is 4.03. The zero-order chi connectivity index (χ0) is 16.1. The van der Waals surface area contributed by atoms with Crippen LogP contribution >= 0.6 is 0 Å². The van der Waals surface area contributed by atoms with E-state index in [4.69, 9.17) is 19.2 Å². The van der Waals surface area contributed by atoms with Gasteiger partial charge in [-0.1, -0.05) is 27.7 Å². The Labute approximate surface area is 134 Å². The molecule has 5 aliphatic rings. The predicted molar refractivity (Wildman–Crippen MR) is 81.5 cm³/mol. The highest BCUT2D eigenvalue weighted by Crippen LogP contribution is 2.59. The first-order chi connectivity index (χ1) is 10.5. The summed E-state index contributed by atoms with van der Waals surface area (Å²) < 4.78 is 11.6. The summed E-state index contributed by atoms with van der Waals surface area (Å²) in [5.41, 5.74) is -0.610. The van der Waals surface area contributed by atoms with Gasteiger partial charge in [0.05, 0.1) is 5.92 Å². The van der Waals surface area contributed by atoms with Gasteiger partial charge in [0.25, 0.3) is 0 Å². The van der Waals surface area contributed by atoms with E-state index in [1.165, 1.54) is 0 Å². The molecule has 5 nitrogen and oxygen atoms in total. The molecule has 2 bridgehead atoms. The molecule has 22 heavy (non-hydrogen) atoms. The maximum Gasteiger partial charge on any atom is 0.311 e. The summed E-state index contributed by atoms with van der Waals surface area (Å²) in [6.07, 6.45) is 3.24. The number of carbonyl (C=O) groups is 1. The molecule has 0 N–H and O–H groups in total. The molecule has 1 aliphatic carbocycles. The van der Waals surface area contributed by atoms with E-state index in [9.17, 15) is 4.79 Å². The third kappa shape index (κ3) is 2.05. The van der Waals surface area contributed by atoms with E-state index in [-0.39, 0.29) is 19.2 Å². The third-order valence-electron chi connectivity index (χ3n) is 5.97. The van der Waals surface area contributed by atoms with Gasteiger partial charge in [0.15, 0.2) is 5.60 Å². The number of hydrogen-bond donors (Lipinski definition) is 0. The van der Waals surface area contributed by atoms with Crippen LogP contribution in [0, 0.1) is 23.7 Å². The Morgan fingerprint density at radius 1 is 1.09 bits per heavy atom. The molecule has 4 heterocycles. The van der Waals surface area contributed by atoms with Gasteiger partial charge in [-0.15, -0.1) is 0 Å². The molecule has 0 amide bonds. The van der Waals surface area contributed by atoms with E-state index in [0.717, 1.165) is 25.7 Å². The molecule has 0 aromatic rings. The molecular weight excluding hydrogens is 284 g/mol. The quantitative estimate of drug-likeness (QED) is 0.504. The molecule has 0 aromatic carbocycles. The first kappa shape index (κ1) is 16.2. The van der Waals surface area contributed by atoms with E-state index in [2.05, 4.69) is 6.92 Å². The average molecular weight is 314 g/mol. The molecule has 4 saturated heterocycles. The number of carbonyl (C=O) groups excluding carboxylic acids is 1. The SMILES string of the molecule is CC.C[C@@H]1CC[C@H]2[C@@H](C)C(=O)OC3O[C@@]4(C)CC[C@@H]1[C@]32OO4.[HH]. The van der Waals surface area contributed by atoms with Crippen molar-refractivity contribution in [2.75, 3.05) is 0 Å². The zero-order valence-electron chi connectivity index (χ0n) is 14.3. The largest absolute Gasteiger partial charge is 0.432 e. The molecule has 5 heteroatoms. The smallest absolute Gasteiger partial charge is 0.311 e. The number of esters is 1. The summed E-state index contributed by atoms with van der Waals surface area (Å²) in [6, 6.07) is 0. The van der Waals surface area contributed by atoms with Crippen LogP contribution in [-0.4, -0.2) is 23.6 Å². The summed E-state index contributed by atoms with van der Waals surface area (Å²) in [7, 11) is 0. The van der Waals surface area contributed by atoms with Gasteiger partial charge in [0.1, 0.15) is 0 Å². The summed E-state index contributed by atoms with van der Waals surface area (Å²) in [5.74, 6) is -0.137. The monoisotopic (exact) mass is 314 g/mol. The standard InChI is InChI=1S/C15H22O5.C2H6.H2/c1-8-4-5-11-9(2)12(16)17-13-15(11)10(8)6-7-14(3,18-13)19-20-15;1-2;/h8-11,13H,4-7H2,1-3H3;1-2H3;1H/t8-,9-,10+,11+,13?,14-,15-;;/m1../s1. The van der Waals surface area contributed by atoms with Gasteiger partial charge >= 0.3 is 5.97 Å². The van der Waals surface area contributed by atoms with Crippen LogP contribution in [0.4, 0.5) is 0 Å². The van der Waals surface area contributed by atoms with Crippen molar-refractivity contribution in [1.82, 2.24) is 0 Å². The lowest BCUT2D eigenvalue weighted by atomic mass is 9.58. The van der Waals surface area contributed by atoms with Crippen molar-refractivity contribution >= 4 is 5.97 Å². The lowest BCUT2D eigenvalue weighted by molar-refractivity contribution is -0.559. The molecule has 7 atom stereocenters. The molecule has 5 fully saturated rings. The van der Waals surface area contributed by atoms with Gasteiger partial charge < -0.3 is 9.47 Å². The fourth-order valence-electron chi connectivity index (χ4n) is 4.76. The van der Waals surface area contributed by atoms with Gasteiger partial charge in [0, 0.05) is 19.7 Å². The van der Waals surface area contributed by atoms with Gasteiger partial charge in [-0.05, 0) is 32.1 Å². The van der Waals surface area contributed by atoms with Crippen molar-refractivity contribution in [3.05, 3.63) is 0 Å². The molecule has 5 rings (SSSR count). The minimum Gasteiger partial charge on any atom is -0.432 e. The highest BCUT2D eigenvalue weighted by Gasteiger charge is 2.69. The van der Waals surface area contributed by atoms with Crippen molar-refractivity contribution in [3.8, 4) is 0 Å². The van der Waals surface area contributed by atoms with Crippen LogP contribution in [0.2, 0.25) is 0 Å². The van der Waals surface area contributed by atoms with Gasteiger partial charge in [-0.3, -0.25) is 4.79 Å². The Bertz CT molecular complexity index is 458. The fraction of sp³-hybridized carbons (Fsp3) is 0.941. The molecule has 128 valence electrons. The van der Waals surface area contributed by atoms with Gasteiger partial charge in [-0.25, -0.2) is 9.78 Å². The van der Waals surface area contributed by atoms with Crippen molar-refractivity contribution < 1.29 is 25.5 Å². The highest BCUT2D eigenvalue weighted by atomic mass is 17.3. The molecule has 1 unspecified atom stereocenters. The Morgan fingerprint density at radius 2 is 1.82 bits per heavy atom. The van der Waals surface area contributed by atoms with Crippen LogP contribution in [0.1, 0.15) is 61.7 Å². The third-order valence-corrected chi connectivity index (χ3v) is 5.97. The number of fused-ring (bicyclic) bond motifs is 2. The minimum atomic E-state index is -0.793. The number of hydrogen-bond acceptors (Lipinski definition) is 5. The van der Waals surface area contributed by atoms with Gasteiger partial charge in [0.2, 0.25) is 12.1 Å². The maximum absolute atomic E-state index is 12.1. The second-order valence-corrected chi connectivity index (χ2v) is 7.14. The topological polar surface area (TPSA) is 54.0 Å². The second-order valence-electron chi connectivity index (χ2n) is 7.14. The van der Waals surface area contributed by atoms with Crippen LogP contribution in [-0.2, 0) is 24.0 Å². The first-order valence-corrected chi connectivity index (χ1v) is 8.71. The predicted octanol–water partition coefficient (Wildman–Crippen LogP) is 3.67. The Morgan fingerprint density at radius 3 is 2.55 bits per heavy atom. The Hall–Kier alpha value is -0.650. The van der Waals surface area contributed by atoms with E-state index in [0.29, 0.717) is 11.8 Å². The van der Waals surface area contributed by atoms with Crippen LogP contribution in [0.3, 0.4) is 0 Å². The van der Waals surface area contributed by atoms with Crippen molar-refractivity contribution in [1.29, 1.82) is 0 Å². The van der Waals surface area contributed by atoms with Crippen molar-refractivity contribution in [2.24, 2.45) is 23.7 Å². The lowest BCUT2D eigenvalue weighted by Gasteiger charge is -2.57. The van der Waals surface area contributed by atoms with Crippen LogP contribution in [0.15, 0.2) is 0 Å². The summed E-state index contributed by atoms with van der Waals surface area (Å²) in [6.45, 7) is 10.1. The van der Waals surface area contributed by atoms with Gasteiger partial charge in [-0.2, -0.15) is 0 Å². The van der Waals surface area contributed by atoms with Crippen LogP contribution < -0.4 is 0 Å². The molecule has 1 spiro atoms. The minimum absolute atomic E-state index is 0. The maximum atomic E-state index is 12.1. The normalized spacial score (nSPS) is 52.8. The molecule has 4 aliphatic heterocycles. The van der Waals surface area contributed by atoms with E-state index < -0.39 is 17.7 Å². The Balaban J connectivity index is 0.000000617. The zero-order valence-corrected chi connectivity index (χ0v) is 14.3. The number of rotatable bonds is 0. The van der Waals surface area contributed by atoms with Crippen LogP contribution in [0.5, 0.6) is 0 Å². The lowest BCUT2D eigenvalue weighted by Crippen LogP contribution is -2.69. The summed E-state index contributed by atoms with van der Waals surface area (Å²) in [5, 5.41) is 0. The fourth-order valence-corrected chi connectivity index (χ4v) is 4.76. The van der Waals surface area contributed by atoms with E-state index in [1.807, 2.05) is 27.7 Å². The first-order valence-electron chi connectivity index (χ1n) is 8.71. The molecule has 0 radical (unpaired) electrons. The van der Waals surface area contributed by atoms with Crippen molar-refractivity contribution in [3.63, 3.8) is 0 Å². The molecule has 1 saturated carbocycles. The van der Waals surface area contributed by atoms with Crippen molar-refractivity contribution in [2.45, 2.75) is 78.0 Å². The molecular formula is C17H30O5. The van der Waals surface area contributed by atoms with E-state index in [1.54, 1.807) is 0 Å². The second kappa shape index (κ2) is 5.46. The van der Waals surface area contributed by atoms with E-state index >= 15 is 0 Å². The highest BCUT2D eigenvalue weighted by molar-refractivity contribution is 5.74. The molecule has 0 aromatic heterocycles. The summed E-state index contributed by atoms with van der Waals surface area (Å²) >= 11 is 0. The summed E-state index contributed by atoms with van der Waals surface area (Å²) in [4.78, 5) is 23.7. The van der Waals surface area contributed by atoms with Crippen LogP contribution in [0.25, 0.3) is 0 Å². The number of ether oxygens (including phenoxy) is 2.